The molecule has 0 fully saturated rings. The number of nitrogens with one attached hydrogen (secondary N) is 1. The van der Waals surface area contributed by atoms with Crippen molar-refractivity contribution >= 4 is 5.97 Å². The van der Waals surface area contributed by atoms with Crippen LogP contribution in [-0.2, 0) is 4.79 Å². The van der Waals surface area contributed by atoms with Gasteiger partial charge in [-0.1, -0.05) is 37.3 Å². The minimum Gasteiger partial charge on any atom is -0.481 e. The van der Waals surface area contributed by atoms with Crippen molar-refractivity contribution < 1.29 is 9.90 Å². The minimum atomic E-state index is -0.778. The summed E-state index contributed by atoms with van der Waals surface area (Å²) in [5.74, 6) is -0.778. The summed E-state index contributed by atoms with van der Waals surface area (Å²) in [7, 11) is 0. The molecule has 1 aromatic carbocycles. The predicted molar refractivity (Wildman–Crippen MR) is 55.1 cm³/mol. The van der Waals surface area contributed by atoms with Gasteiger partial charge >= 0.3 is 5.97 Å². The SMILES string of the molecule is CCNC(CC(=O)O)c1ccccc1. The van der Waals surface area contributed by atoms with Gasteiger partial charge in [-0.05, 0) is 12.1 Å². The lowest BCUT2D eigenvalue weighted by atomic mass is 10.0. The Morgan fingerprint density at radius 1 is 1.43 bits per heavy atom. The fraction of sp³-hybridized carbons (Fsp3) is 0.364. The highest BCUT2D eigenvalue weighted by atomic mass is 16.4. The van der Waals surface area contributed by atoms with E-state index in [1.807, 2.05) is 37.3 Å². The van der Waals surface area contributed by atoms with Crippen LogP contribution < -0.4 is 5.32 Å². The van der Waals surface area contributed by atoms with Gasteiger partial charge in [-0.25, -0.2) is 0 Å². The lowest BCUT2D eigenvalue weighted by molar-refractivity contribution is -0.137. The molecule has 0 heterocycles. The largest absolute Gasteiger partial charge is 0.481 e. The summed E-state index contributed by atoms with van der Waals surface area (Å²) in [4.78, 5) is 10.6. The Hall–Kier alpha value is -1.35. The molecule has 3 heteroatoms. The van der Waals surface area contributed by atoms with Crippen LogP contribution in [-0.4, -0.2) is 17.6 Å². The van der Waals surface area contributed by atoms with Crippen molar-refractivity contribution in [3.63, 3.8) is 0 Å². The minimum absolute atomic E-state index is 0.0845. The molecule has 1 rings (SSSR count). The van der Waals surface area contributed by atoms with Crippen molar-refractivity contribution in [2.75, 3.05) is 6.54 Å². The van der Waals surface area contributed by atoms with E-state index in [0.717, 1.165) is 12.1 Å². The molecule has 0 aromatic heterocycles. The summed E-state index contributed by atoms with van der Waals surface area (Å²) in [6.07, 6.45) is 0.123. The Labute approximate surface area is 83.8 Å². The Bertz CT molecular complexity index is 285. The first-order valence-electron chi connectivity index (χ1n) is 4.74. The predicted octanol–water partition coefficient (Wildman–Crippen LogP) is 1.81. The molecule has 0 saturated carbocycles. The van der Waals surface area contributed by atoms with E-state index in [4.69, 9.17) is 5.11 Å². The van der Waals surface area contributed by atoms with Crippen LogP contribution in [0.3, 0.4) is 0 Å². The first-order chi connectivity index (χ1) is 6.74. The summed E-state index contributed by atoms with van der Waals surface area (Å²) >= 11 is 0. The third kappa shape index (κ3) is 3.18. The fourth-order valence-electron chi connectivity index (χ4n) is 1.41. The van der Waals surface area contributed by atoms with Gasteiger partial charge in [0.1, 0.15) is 0 Å². The van der Waals surface area contributed by atoms with E-state index in [2.05, 4.69) is 5.32 Å². The number of hydrogen-bond donors (Lipinski definition) is 2. The highest BCUT2D eigenvalue weighted by Gasteiger charge is 2.13. The molecule has 1 atom stereocenters. The van der Waals surface area contributed by atoms with Crippen LogP contribution in [0.1, 0.15) is 24.9 Å². The van der Waals surface area contributed by atoms with Crippen molar-refractivity contribution in [1.82, 2.24) is 5.32 Å². The second-order valence-electron chi connectivity index (χ2n) is 3.12. The number of carbonyl (C=O) groups is 1. The lowest BCUT2D eigenvalue weighted by Crippen LogP contribution is -2.23. The molecule has 0 aliphatic carbocycles. The fourth-order valence-corrected chi connectivity index (χ4v) is 1.41. The zero-order chi connectivity index (χ0) is 10.4. The molecule has 14 heavy (non-hydrogen) atoms. The zero-order valence-electron chi connectivity index (χ0n) is 8.23. The Balaban J connectivity index is 2.72. The smallest absolute Gasteiger partial charge is 0.305 e. The maximum atomic E-state index is 10.6. The summed E-state index contributed by atoms with van der Waals surface area (Å²) in [6.45, 7) is 2.74. The van der Waals surface area contributed by atoms with Crippen LogP contribution in [0.2, 0.25) is 0 Å². The number of carboxylic acid groups (broad SMARTS) is 1. The average molecular weight is 193 g/mol. The van der Waals surface area contributed by atoms with Crippen LogP contribution in [0.25, 0.3) is 0 Å². The van der Waals surface area contributed by atoms with Gasteiger partial charge in [-0.3, -0.25) is 4.79 Å². The molecule has 0 amide bonds. The highest BCUT2D eigenvalue weighted by molar-refractivity contribution is 5.67. The highest BCUT2D eigenvalue weighted by Crippen LogP contribution is 2.15. The molecule has 1 aromatic rings. The zero-order valence-corrected chi connectivity index (χ0v) is 8.23. The molecular weight excluding hydrogens is 178 g/mol. The number of benzene rings is 1. The van der Waals surface area contributed by atoms with Gasteiger partial charge in [0.25, 0.3) is 0 Å². The molecule has 0 saturated heterocycles. The molecule has 0 aliphatic rings. The van der Waals surface area contributed by atoms with Crippen molar-refractivity contribution in [3.8, 4) is 0 Å². The van der Waals surface area contributed by atoms with Crippen LogP contribution >= 0.6 is 0 Å². The third-order valence-corrected chi connectivity index (χ3v) is 2.03. The molecule has 0 spiro atoms. The molecule has 0 radical (unpaired) electrons. The van der Waals surface area contributed by atoms with Crippen LogP contribution in [0.4, 0.5) is 0 Å². The first kappa shape index (κ1) is 10.7. The number of carboxylic acids is 1. The maximum Gasteiger partial charge on any atom is 0.305 e. The lowest BCUT2D eigenvalue weighted by Gasteiger charge is -2.15. The second-order valence-corrected chi connectivity index (χ2v) is 3.12. The third-order valence-electron chi connectivity index (χ3n) is 2.03. The Kier molecular flexibility index (Phi) is 4.13. The normalized spacial score (nSPS) is 12.4. The van der Waals surface area contributed by atoms with E-state index >= 15 is 0 Å². The molecule has 76 valence electrons. The summed E-state index contributed by atoms with van der Waals surface area (Å²) in [6, 6.07) is 9.56. The van der Waals surface area contributed by atoms with Crippen molar-refractivity contribution in [2.45, 2.75) is 19.4 Å². The number of rotatable bonds is 5. The van der Waals surface area contributed by atoms with Gasteiger partial charge in [0.2, 0.25) is 0 Å². The first-order valence-corrected chi connectivity index (χ1v) is 4.74. The van der Waals surface area contributed by atoms with Gasteiger partial charge in [0.05, 0.1) is 6.42 Å². The topological polar surface area (TPSA) is 49.3 Å². The van der Waals surface area contributed by atoms with Crippen LogP contribution in [0.15, 0.2) is 30.3 Å². The van der Waals surface area contributed by atoms with Crippen molar-refractivity contribution in [2.24, 2.45) is 0 Å². The summed E-state index contributed by atoms with van der Waals surface area (Å²) in [5.41, 5.74) is 1.02. The van der Waals surface area contributed by atoms with E-state index in [-0.39, 0.29) is 12.5 Å². The van der Waals surface area contributed by atoms with E-state index < -0.39 is 5.97 Å². The van der Waals surface area contributed by atoms with Crippen molar-refractivity contribution in [1.29, 1.82) is 0 Å². The molecule has 0 aliphatic heterocycles. The van der Waals surface area contributed by atoms with Crippen molar-refractivity contribution in [3.05, 3.63) is 35.9 Å². The number of aliphatic carboxylic acids is 1. The van der Waals surface area contributed by atoms with Gasteiger partial charge in [0.15, 0.2) is 0 Å². The molecule has 2 N–H and O–H groups in total. The standard InChI is InChI=1S/C11H15NO2/c1-2-12-10(8-11(13)14)9-6-4-3-5-7-9/h3-7,10,12H,2,8H2,1H3,(H,13,14). The molecule has 3 nitrogen and oxygen atoms in total. The Morgan fingerprint density at radius 3 is 2.57 bits per heavy atom. The molecule has 1 unspecified atom stereocenters. The average Bonchev–Trinajstić information content (AvgIpc) is 2.18. The molecule has 0 bridgehead atoms. The second kappa shape index (κ2) is 5.40. The van der Waals surface area contributed by atoms with Gasteiger partial charge in [-0.2, -0.15) is 0 Å². The van der Waals surface area contributed by atoms with Gasteiger partial charge < -0.3 is 10.4 Å². The van der Waals surface area contributed by atoms with E-state index in [9.17, 15) is 4.79 Å². The van der Waals surface area contributed by atoms with Crippen LogP contribution in [0, 0.1) is 0 Å². The monoisotopic (exact) mass is 193 g/mol. The maximum absolute atomic E-state index is 10.6. The summed E-state index contributed by atoms with van der Waals surface area (Å²) in [5, 5.41) is 11.9. The van der Waals surface area contributed by atoms with E-state index in [1.54, 1.807) is 0 Å². The Morgan fingerprint density at radius 2 is 2.07 bits per heavy atom. The molecular formula is C11H15NO2. The summed E-state index contributed by atoms with van der Waals surface area (Å²) < 4.78 is 0. The van der Waals surface area contributed by atoms with Gasteiger partial charge in [-0.15, -0.1) is 0 Å². The van der Waals surface area contributed by atoms with Crippen LogP contribution in [0.5, 0.6) is 0 Å². The van der Waals surface area contributed by atoms with Gasteiger partial charge in [0, 0.05) is 6.04 Å². The van der Waals surface area contributed by atoms with E-state index in [0.29, 0.717) is 0 Å². The van der Waals surface area contributed by atoms with E-state index in [1.165, 1.54) is 0 Å². The number of hydrogen-bond acceptors (Lipinski definition) is 2. The quantitative estimate of drug-likeness (QED) is 0.749.